The Morgan fingerprint density at radius 1 is 0.640 bits per heavy atom. The minimum Gasteiger partial charge on any atom is -0.410 e. The lowest BCUT2D eigenvalue weighted by Crippen LogP contribution is -2.70. The Balaban J connectivity index is 2.64. The van der Waals surface area contributed by atoms with E-state index in [4.69, 9.17) is 16.5 Å². The highest BCUT2D eigenvalue weighted by molar-refractivity contribution is 7.02. The van der Waals surface area contributed by atoms with Gasteiger partial charge in [-0.15, -0.1) is 26.3 Å². The van der Waals surface area contributed by atoms with Crippen LogP contribution in [0.2, 0.25) is 19.6 Å². The fourth-order valence-electron chi connectivity index (χ4n) is 2.73. The van der Waals surface area contributed by atoms with E-state index in [2.05, 4.69) is 26.3 Å². The number of hydrogen-bond acceptors (Lipinski definition) is 4. The summed E-state index contributed by atoms with van der Waals surface area (Å²) in [6.07, 6.45) is 0. The van der Waals surface area contributed by atoms with Crippen LogP contribution in [0.5, 0.6) is 0 Å². The van der Waals surface area contributed by atoms with Crippen LogP contribution in [0.25, 0.3) is 0 Å². The zero-order valence-corrected chi connectivity index (χ0v) is 19.2. The van der Waals surface area contributed by atoms with E-state index in [9.17, 15) is 0 Å². The number of benzene rings is 1. The minimum absolute atomic E-state index is 0.960. The monoisotopic (exact) mass is 406 g/mol. The van der Waals surface area contributed by atoms with Crippen LogP contribution in [0.15, 0.2) is 79.4 Å². The summed E-state index contributed by atoms with van der Waals surface area (Å²) in [6, 6.07) is 9.87. The van der Waals surface area contributed by atoms with Crippen molar-refractivity contribution in [2.75, 3.05) is 0 Å². The van der Waals surface area contributed by atoms with Crippen molar-refractivity contribution in [3.05, 3.63) is 79.4 Å². The molecule has 0 spiro atoms. The standard InChI is InChI=1S/C17H26O4Si4/c1-8-22(5)18-23(6,9-2)20-25(11-4,17-15-13-12-14-16-17)21-24(7,10-3)19-22/h8-16H,1-4H2,5-7H3. The first kappa shape index (κ1) is 20.2. The predicted molar refractivity (Wildman–Crippen MR) is 112 cm³/mol. The number of hydrogen-bond donors (Lipinski definition) is 0. The maximum atomic E-state index is 6.64. The van der Waals surface area contributed by atoms with E-state index in [0.717, 1.165) is 5.19 Å². The van der Waals surface area contributed by atoms with Gasteiger partial charge in [0, 0.05) is 0 Å². The van der Waals surface area contributed by atoms with Gasteiger partial charge >= 0.3 is 34.2 Å². The molecule has 1 heterocycles. The van der Waals surface area contributed by atoms with Crippen molar-refractivity contribution in [3.8, 4) is 0 Å². The molecule has 0 radical (unpaired) electrons. The molecule has 2 rings (SSSR count). The second-order valence-corrected chi connectivity index (χ2v) is 19.2. The fraction of sp³-hybridized carbons (Fsp3) is 0.176. The van der Waals surface area contributed by atoms with E-state index in [0.29, 0.717) is 0 Å². The summed E-state index contributed by atoms with van der Waals surface area (Å²) in [5.74, 6) is 0. The van der Waals surface area contributed by atoms with E-state index in [1.54, 1.807) is 22.8 Å². The zero-order chi connectivity index (χ0) is 18.8. The van der Waals surface area contributed by atoms with Crippen LogP contribution < -0.4 is 5.19 Å². The van der Waals surface area contributed by atoms with Crippen molar-refractivity contribution >= 4 is 39.4 Å². The Labute approximate surface area is 155 Å². The highest BCUT2D eigenvalue weighted by Crippen LogP contribution is 2.32. The van der Waals surface area contributed by atoms with Gasteiger partial charge in [0.05, 0.1) is 0 Å². The molecule has 1 aromatic carbocycles. The second-order valence-electron chi connectivity index (χ2n) is 6.31. The van der Waals surface area contributed by atoms with Crippen molar-refractivity contribution in [1.29, 1.82) is 0 Å². The van der Waals surface area contributed by atoms with Gasteiger partial charge in [-0.25, -0.2) is 0 Å². The topological polar surface area (TPSA) is 36.9 Å². The van der Waals surface area contributed by atoms with Gasteiger partial charge in [0.15, 0.2) is 0 Å². The Hall–Kier alpha value is -1.11. The molecular weight excluding hydrogens is 381 g/mol. The third-order valence-corrected chi connectivity index (χ3v) is 20.1. The molecule has 1 saturated heterocycles. The third kappa shape index (κ3) is 4.18. The predicted octanol–water partition coefficient (Wildman–Crippen LogP) is 3.53. The highest BCUT2D eigenvalue weighted by Gasteiger charge is 2.56. The van der Waals surface area contributed by atoms with E-state index < -0.39 is 34.2 Å². The molecule has 0 bridgehead atoms. The van der Waals surface area contributed by atoms with Crippen LogP contribution in [0.4, 0.5) is 0 Å². The summed E-state index contributed by atoms with van der Waals surface area (Å²) in [4.78, 5) is 0. The average Bonchev–Trinajstić information content (AvgIpc) is 2.60. The SMILES string of the molecule is C=C[Si]1(C)O[Si](C)(C=C)O[Si](C=C)(c2ccccc2)O[Si](C)(C=C)O1. The van der Waals surface area contributed by atoms with E-state index >= 15 is 0 Å². The van der Waals surface area contributed by atoms with Gasteiger partial charge in [-0.2, -0.15) is 0 Å². The van der Waals surface area contributed by atoms with E-state index in [-0.39, 0.29) is 0 Å². The average molecular weight is 407 g/mol. The molecule has 25 heavy (non-hydrogen) atoms. The summed E-state index contributed by atoms with van der Waals surface area (Å²) in [7, 11) is -11.3. The molecule has 1 aliphatic rings. The second kappa shape index (κ2) is 7.25. The molecule has 0 aromatic heterocycles. The lowest BCUT2D eigenvalue weighted by atomic mass is 10.4. The van der Waals surface area contributed by atoms with Crippen LogP contribution in [0, 0.1) is 0 Å². The molecule has 2 atom stereocenters. The Morgan fingerprint density at radius 2 is 1.04 bits per heavy atom. The first-order chi connectivity index (χ1) is 11.7. The van der Waals surface area contributed by atoms with E-state index in [1.165, 1.54) is 0 Å². The first-order valence-corrected chi connectivity index (χ1v) is 17.2. The minimum atomic E-state index is -3.02. The smallest absolute Gasteiger partial charge is 0.381 e. The summed E-state index contributed by atoms with van der Waals surface area (Å²) in [5.41, 5.74) is 7.08. The lowest BCUT2D eigenvalue weighted by Gasteiger charge is -2.47. The Bertz CT molecular complexity index is 654. The third-order valence-electron chi connectivity index (χ3n) is 4.08. The molecule has 1 aliphatic heterocycles. The van der Waals surface area contributed by atoms with Crippen molar-refractivity contribution < 1.29 is 16.5 Å². The first-order valence-electron chi connectivity index (χ1n) is 8.08. The van der Waals surface area contributed by atoms with Gasteiger partial charge in [0.1, 0.15) is 0 Å². The van der Waals surface area contributed by atoms with Crippen LogP contribution in [-0.2, 0) is 16.5 Å². The van der Waals surface area contributed by atoms with Crippen molar-refractivity contribution in [2.24, 2.45) is 0 Å². The zero-order valence-electron chi connectivity index (χ0n) is 15.2. The molecule has 0 saturated carbocycles. The summed E-state index contributed by atoms with van der Waals surface area (Å²) >= 11 is 0. The Kier molecular flexibility index (Phi) is 5.86. The van der Waals surface area contributed by atoms with Crippen molar-refractivity contribution in [3.63, 3.8) is 0 Å². The van der Waals surface area contributed by atoms with Gasteiger partial charge in [-0.05, 0) is 30.5 Å². The molecule has 1 fully saturated rings. The lowest BCUT2D eigenvalue weighted by molar-refractivity contribution is 0.254. The van der Waals surface area contributed by atoms with E-state index in [1.807, 2.05) is 50.0 Å². The maximum absolute atomic E-state index is 6.64. The Morgan fingerprint density at radius 3 is 1.40 bits per heavy atom. The van der Waals surface area contributed by atoms with Gasteiger partial charge in [-0.1, -0.05) is 47.4 Å². The summed E-state index contributed by atoms with van der Waals surface area (Å²) < 4.78 is 26.1. The van der Waals surface area contributed by atoms with Crippen molar-refractivity contribution in [2.45, 2.75) is 19.6 Å². The number of rotatable bonds is 5. The van der Waals surface area contributed by atoms with Crippen LogP contribution in [-0.4, -0.2) is 34.2 Å². The van der Waals surface area contributed by atoms with Crippen LogP contribution in [0.3, 0.4) is 0 Å². The van der Waals surface area contributed by atoms with Gasteiger partial charge in [0.25, 0.3) is 0 Å². The quantitative estimate of drug-likeness (QED) is 0.701. The molecule has 0 N–H and O–H groups in total. The summed E-state index contributed by atoms with van der Waals surface area (Å²) in [5, 5.41) is 0.960. The van der Waals surface area contributed by atoms with Gasteiger partial charge < -0.3 is 16.5 Å². The van der Waals surface area contributed by atoms with Crippen LogP contribution >= 0.6 is 0 Å². The summed E-state index contributed by atoms with van der Waals surface area (Å²) in [6.45, 7) is 21.7. The molecule has 8 heteroatoms. The highest BCUT2D eigenvalue weighted by atomic mass is 28.5. The van der Waals surface area contributed by atoms with Gasteiger partial charge in [-0.3, -0.25) is 0 Å². The van der Waals surface area contributed by atoms with Gasteiger partial charge in [0.2, 0.25) is 0 Å². The molecule has 0 aliphatic carbocycles. The fourth-order valence-corrected chi connectivity index (χ4v) is 20.7. The van der Waals surface area contributed by atoms with Crippen LogP contribution in [0.1, 0.15) is 0 Å². The molecular formula is C17H26O4Si4. The normalized spacial score (nSPS) is 38.8. The molecule has 0 amide bonds. The largest absolute Gasteiger partial charge is 0.410 e. The molecule has 1 aromatic rings. The molecule has 134 valence electrons. The van der Waals surface area contributed by atoms with Crippen molar-refractivity contribution in [1.82, 2.24) is 0 Å². The molecule has 4 nitrogen and oxygen atoms in total. The maximum Gasteiger partial charge on any atom is 0.381 e. The molecule has 2 unspecified atom stereocenters.